The number of aliphatic imine (C=N–C) groups is 2. The highest BCUT2D eigenvalue weighted by Crippen LogP contribution is 2.39. The number of hydrogen-bond donors (Lipinski definition) is 2. The van der Waals surface area contributed by atoms with E-state index >= 15 is 0 Å². The molecule has 2 fully saturated rings. The first-order valence-corrected chi connectivity index (χ1v) is 13.2. The predicted molar refractivity (Wildman–Crippen MR) is 145 cm³/mol. The van der Waals surface area contributed by atoms with E-state index in [0.29, 0.717) is 17.9 Å². The monoisotopic (exact) mass is 565 g/mol. The van der Waals surface area contributed by atoms with Crippen LogP contribution in [0.25, 0.3) is 0 Å². The summed E-state index contributed by atoms with van der Waals surface area (Å²) in [5.74, 6) is 6.58. The number of fused-ring (bicyclic) bond motifs is 2. The highest BCUT2D eigenvalue weighted by Gasteiger charge is 2.48. The first-order chi connectivity index (χ1) is 19.5. The molecule has 1 aromatic carbocycles. The van der Waals surface area contributed by atoms with Crippen molar-refractivity contribution in [2.24, 2.45) is 21.7 Å². The molecule has 13 heteroatoms. The van der Waals surface area contributed by atoms with Gasteiger partial charge in [-0.1, -0.05) is 0 Å². The minimum atomic E-state index is -4.55. The summed E-state index contributed by atoms with van der Waals surface area (Å²) in [6, 6.07) is 8.37. The number of nitrogens with two attached hydrogens (primary N) is 1. The molecule has 2 saturated heterocycles. The van der Waals surface area contributed by atoms with Crippen LogP contribution in [-0.2, 0) is 6.18 Å². The number of halogens is 3. The summed E-state index contributed by atoms with van der Waals surface area (Å²) in [6.45, 7) is 1.30. The number of carbonyl (C=O) groups is 2. The van der Waals surface area contributed by atoms with E-state index < -0.39 is 17.6 Å². The summed E-state index contributed by atoms with van der Waals surface area (Å²) in [7, 11) is 1.82. The number of amidine groups is 1. The summed E-state index contributed by atoms with van der Waals surface area (Å²) < 4.78 is 38.9. The molecule has 0 aliphatic carbocycles. The fourth-order valence-corrected chi connectivity index (χ4v) is 5.78. The number of hydrogen-bond acceptors (Lipinski definition) is 6. The second-order valence-corrected chi connectivity index (χ2v) is 10.6. The molecule has 6 rings (SSSR count). The van der Waals surface area contributed by atoms with E-state index in [1.807, 2.05) is 11.9 Å². The van der Waals surface area contributed by atoms with Crippen LogP contribution >= 0.6 is 0 Å². The lowest BCUT2D eigenvalue weighted by Gasteiger charge is -2.45. The van der Waals surface area contributed by atoms with Crippen LogP contribution in [0.5, 0.6) is 0 Å². The van der Waals surface area contributed by atoms with Gasteiger partial charge in [-0.2, -0.15) is 24.0 Å². The van der Waals surface area contributed by atoms with Gasteiger partial charge in [-0.05, 0) is 55.7 Å². The number of nitrogens with zero attached hydrogens (tertiary/aromatic N) is 6. The number of anilines is 1. The number of allylic oxidation sites excluding steroid dienone is 1. The Balaban J connectivity index is 1.24. The van der Waals surface area contributed by atoms with Gasteiger partial charge in [0, 0.05) is 43.9 Å². The Labute approximate surface area is 233 Å². The minimum absolute atomic E-state index is 0.0155. The molecule has 2 aromatic rings. The maximum atomic E-state index is 13.0. The second kappa shape index (κ2) is 9.93. The maximum Gasteiger partial charge on any atom is 0.416 e. The molecular formula is C28H28F3N8O2+. The summed E-state index contributed by atoms with van der Waals surface area (Å²) in [5.41, 5.74) is 1.49. The molecule has 1 unspecified atom stereocenters. The van der Waals surface area contributed by atoms with Gasteiger partial charge in [0.1, 0.15) is 17.7 Å². The van der Waals surface area contributed by atoms with Gasteiger partial charge >= 0.3 is 12.2 Å². The lowest BCUT2D eigenvalue weighted by Crippen LogP contribution is -2.56. The van der Waals surface area contributed by atoms with Gasteiger partial charge in [-0.15, -0.1) is 4.59 Å². The summed E-state index contributed by atoms with van der Waals surface area (Å²) in [4.78, 5) is 42.4. The van der Waals surface area contributed by atoms with Crippen molar-refractivity contribution in [2.75, 3.05) is 25.5 Å². The Morgan fingerprint density at radius 2 is 1.93 bits per heavy atom. The van der Waals surface area contributed by atoms with Gasteiger partial charge in [0.15, 0.2) is 0 Å². The number of nitrogens with one attached hydrogen (secondary N) is 1. The average molecular weight is 566 g/mol. The molecule has 0 radical (unpaired) electrons. The van der Waals surface area contributed by atoms with Crippen LogP contribution in [0.2, 0.25) is 0 Å². The van der Waals surface area contributed by atoms with Crippen LogP contribution in [0.3, 0.4) is 0 Å². The summed E-state index contributed by atoms with van der Waals surface area (Å²) >= 11 is 0. The molecule has 3 N–H and O–H groups in total. The summed E-state index contributed by atoms with van der Waals surface area (Å²) in [5, 5.41) is 2.41. The number of pyridine rings is 1. The number of aromatic nitrogens is 1. The van der Waals surface area contributed by atoms with Crippen LogP contribution in [-0.4, -0.2) is 69.5 Å². The van der Waals surface area contributed by atoms with Crippen molar-refractivity contribution in [3.8, 4) is 0 Å². The lowest BCUT2D eigenvalue weighted by atomic mass is 9.87. The molecule has 41 heavy (non-hydrogen) atoms. The van der Waals surface area contributed by atoms with Gasteiger partial charge in [0.25, 0.3) is 11.7 Å². The van der Waals surface area contributed by atoms with Crippen LogP contribution in [0.4, 0.5) is 23.8 Å². The Kier molecular flexibility index (Phi) is 6.50. The van der Waals surface area contributed by atoms with Gasteiger partial charge in [-0.25, -0.2) is 9.78 Å². The largest absolute Gasteiger partial charge is 0.416 e. The number of urea groups is 1. The lowest BCUT2D eigenvalue weighted by molar-refractivity contribution is -0.750. The number of piperidine rings is 1. The maximum absolute atomic E-state index is 13.0. The van der Waals surface area contributed by atoms with E-state index in [1.165, 1.54) is 0 Å². The van der Waals surface area contributed by atoms with Crippen molar-refractivity contribution in [3.05, 3.63) is 83.1 Å². The fourth-order valence-electron chi connectivity index (χ4n) is 5.78. The first-order valence-electron chi connectivity index (χ1n) is 13.2. The number of alkyl halides is 3. The van der Waals surface area contributed by atoms with Crippen molar-refractivity contribution in [1.82, 2.24) is 14.8 Å². The van der Waals surface area contributed by atoms with Crippen molar-refractivity contribution in [1.29, 1.82) is 0 Å². The van der Waals surface area contributed by atoms with Gasteiger partial charge in [0.2, 0.25) is 5.70 Å². The molecule has 5 heterocycles. The molecule has 4 aliphatic rings. The van der Waals surface area contributed by atoms with E-state index in [2.05, 4.69) is 15.3 Å². The van der Waals surface area contributed by atoms with Crippen molar-refractivity contribution in [3.63, 3.8) is 0 Å². The molecule has 3 amide bonds. The molecule has 3 atom stereocenters. The van der Waals surface area contributed by atoms with E-state index in [0.717, 1.165) is 55.5 Å². The average Bonchev–Trinajstić information content (AvgIpc) is 3.27. The van der Waals surface area contributed by atoms with E-state index in [9.17, 15) is 22.8 Å². The fraction of sp³-hybridized carbons (Fsp3) is 0.321. The third-order valence-electron chi connectivity index (χ3n) is 8.02. The van der Waals surface area contributed by atoms with Crippen LogP contribution in [0, 0.1) is 5.92 Å². The summed E-state index contributed by atoms with van der Waals surface area (Å²) in [6.07, 6.45) is 4.17. The molecule has 212 valence electrons. The van der Waals surface area contributed by atoms with Crippen molar-refractivity contribution in [2.45, 2.75) is 31.5 Å². The number of carbonyl (C=O) groups excluding carboxylic acids is 2. The molecular weight excluding hydrogens is 537 g/mol. The van der Waals surface area contributed by atoms with Crippen LogP contribution in [0.15, 0.2) is 76.4 Å². The topological polar surface area (TPSA) is 116 Å². The van der Waals surface area contributed by atoms with Gasteiger partial charge in [-0.3, -0.25) is 9.79 Å². The molecule has 4 aliphatic heterocycles. The third kappa shape index (κ3) is 4.80. The number of amides is 3. The highest BCUT2D eigenvalue weighted by molar-refractivity contribution is 6.05. The zero-order chi connectivity index (χ0) is 28.9. The first kappa shape index (κ1) is 26.8. The van der Waals surface area contributed by atoms with E-state index in [-0.39, 0.29) is 34.0 Å². The number of benzene rings is 1. The number of rotatable bonds is 4. The Bertz CT molecular complexity index is 1530. The SMILES string of the molecule is CN1CC[C@H]2CC[C@@H](C3=C4C=NC=C[N+]4(N)C(c4ccc(C(=O)Nc5cc(C(F)(F)F)ccn5)cc4)=N3)CN2C1=O. The third-order valence-corrected chi connectivity index (χ3v) is 8.02. The zero-order valence-electron chi connectivity index (χ0n) is 22.2. The number of quaternary nitrogens is 1. The van der Waals surface area contributed by atoms with E-state index in [1.54, 1.807) is 47.8 Å². The molecule has 0 saturated carbocycles. The van der Waals surface area contributed by atoms with Crippen molar-refractivity contribution >= 4 is 29.8 Å². The Morgan fingerprint density at radius 3 is 2.68 bits per heavy atom. The normalized spacial score (nSPS) is 25.7. The molecule has 0 bridgehead atoms. The van der Waals surface area contributed by atoms with Crippen molar-refractivity contribution < 1.29 is 27.4 Å². The Morgan fingerprint density at radius 1 is 1.15 bits per heavy atom. The van der Waals surface area contributed by atoms with Crippen LogP contribution < -0.4 is 11.2 Å². The standard InChI is InChI=1S/C28H27F3N8O2/c1-37-12-9-21-7-6-19(16-38(21)27(37)41)24-22-15-33-11-13-39(22,32)25(36-24)17-2-4-18(5-3-17)26(40)35-23-14-20(8-10-34-23)28(29,30)31/h2-5,8,10-11,13-15,19,21H,6-7,9,12,16,32H2,1H3/p+1/t19-,21-,39?/m1/s1. The van der Waals surface area contributed by atoms with Gasteiger partial charge in [0.05, 0.1) is 23.5 Å². The minimum Gasteiger partial charge on any atom is -0.328 e. The predicted octanol–water partition coefficient (Wildman–Crippen LogP) is 4.11. The van der Waals surface area contributed by atoms with Gasteiger partial charge < -0.3 is 15.1 Å². The molecule has 10 nitrogen and oxygen atoms in total. The highest BCUT2D eigenvalue weighted by atomic mass is 19.4. The zero-order valence-corrected chi connectivity index (χ0v) is 22.2. The second-order valence-electron chi connectivity index (χ2n) is 10.6. The Hall–Kier alpha value is -4.36. The van der Waals surface area contributed by atoms with E-state index in [4.69, 9.17) is 10.8 Å². The molecule has 0 spiro atoms. The molecule has 1 aromatic heterocycles. The smallest absolute Gasteiger partial charge is 0.328 e. The van der Waals surface area contributed by atoms with Crippen LogP contribution in [0.1, 0.15) is 40.7 Å². The quantitative estimate of drug-likeness (QED) is 0.429.